The highest BCUT2D eigenvalue weighted by atomic mass is 127. The fraction of sp³-hybridized carbons (Fsp3) is 0.632. The van der Waals surface area contributed by atoms with E-state index < -0.39 is 0 Å². The smallest absolute Gasteiger partial charge is 0.193 e. The first kappa shape index (κ1) is 21.7. The Morgan fingerprint density at radius 2 is 2.22 bits per heavy atom. The van der Waals surface area contributed by atoms with Crippen molar-refractivity contribution < 1.29 is 4.52 Å². The summed E-state index contributed by atoms with van der Waals surface area (Å²) in [6, 6.07) is 0.437. The van der Waals surface area contributed by atoms with Gasteiger partial charge in [-0.2, -0.15) is 0 Å². The molecule has 1 N–H and O–H groups in total. The second kappa shape index (κ2) is 10.1. The molecule has 1 aliphatic rings. The van der Waals surface area contributed by atoms with Crippen LogP contribution in [0, 0.1) is 19.8 Å². The molecule has 0 radical (unpaired) electrons. The summed E-state index contributed by atoms with van der Waals surface area (Å²) in [5.74, 6) is 2.55. The minimum atomic E-state index is 0. The molecule has 150 valence electrons. The summed E-state index contributed by atoms with van der Waals surface area (Å²) in [7, 11) is 1.86. The molecule has 8 heteroatoms. The van der Waals surface area contributed by atoms with Gasteiger partial charge < -0.3 is 19.3 Å². The van der Waals surface area contributed by atoms with E-state index in [0.717, 1.165) is 56.3 Å². The van der Waals surface area contributed by atoms with Gasteiger partial charge in [0.05, 0.1) is 18.1 Å². The molecule has 2 atom stereocenters. The zero-order chi connectivity index (χ0) is 18.5. The Bertz CT molecular complexity index is 707. The second-order valence-electron chi connectivity index (χ2n) is 7.17. The topological polar surface area (TPSA) is 71.5 Å². The van der Waals surface area contributed by atoms with Gasteiger partial charge in [-0.1, -0.05) is 12.1 Å². The number of likely N-dealkylation sites (tertiary alicyclic amines) is 1. The number of halogens is 1. The largest absolute Gasteiger partial charge is 0.361 e. The quantitative estimate of drug-likeness (QED) is 0.304. The Balaban J connectivity index is 0.00000261. The third-order valence-electron chi connectivity index (χ3n) is 5.41. The Morgan fingerprint density at radius 1 is 1.41 bits per heavy atom. The summed E-state index contributed by atoms with van der Waals surface area (Å²) in [6.45, 7) is 9.19. The minimum absolute atomic E-state index is 0. The first-order valence-electron chi connectivity index (χ1n) is 9.45. The van der Waals surface area contributed by atoms with Crippen LogP contribution >= 0.6 is 24.0 Å². The van der Waals surface area contributed by atoms with Crippen molar-refractivity contribution in [2.75, 3.05) is 26.7 Å². The number of imidazole rings is 1. The van der Waals surface area contributed by atoms with Gasteiger partial charge in [-0.05, 0) is 39.0 Å². The number of aliphatic imine (C=N–C) groups is 1. The average Bonchev–Trinajstić information content (AvgIpc) is 3.27. The van der Waals surface area contributed by atoms with Crippen LogP contribution < -0.4 is 5.32 Å². The van der Waals surface area contributed by atoms with E-state index in [0.29, 0.717) is 12.0 Å². The lowest BCUT2D eigenvalue weighted by Gasteiger charge is -2.39. The van der Waals surface area contributed by atoms with Crippen molar-refractivity contribution in [1.29, 1.82) is 0 Å². The summed E-state index contributed by atoms with van der Waals surface area (Å²) in [6.07, 6.45) is 8.99. The number of guanidine groups is 1. The summed E-state index contributed by atoms with van der Waals surface area (Å²) >= 11 is 0. The van der Waals surface area contributed by atoms with E-state index in [9.17, 15) is 0 Å². The van der Waals surface area contributed by atoms with Crippen molar-refractivity contribution in [1.82, 2.24) is 24.9 Å². The second-order valence-corrected chi connectivity index (χ2v) is 7.17. The van der Waals surface area contributed by atoms with Gasteiger partial charge in [0.15, 0.2) is 5.96 Å². The van der Waals surface area contributed by atoms with Crippen molar-refractivity contribution in [2.45, 2.75) is 46.1 Å². The number of nitrogens with zero attached hydrogens (tertiary/aromatic N) is 5. The molecule has 0 aromatic carbocycles. The molecule has 1 fully saturated rings. The Hall–Kier alpha value is -1.58. The maximum absolute atomic E-state index is 5.24. The highest BCUT2D eigenvalue weighted by Crippen LogP contribution is 2.27. The number of aryl methyl sites for hydroxylation is 2. The lowest BCUT2D eigenvalue weighted by atomic mass is 9.93. The highest BCUT2D eigenvalue weighted by molar-refractivity contribution is 14.0. The van der Waals surface area contributed by atoms with Gasteiger partial charge in [-0.15, -0.1) is 24.0 Å². The van der Waals surface area contributed by atoms with Gasteiger partial charge in [-0.25, -0.2) is 4.98 Å². The average molecular weight is 486 g/mol. The molecule has 2 unspecified atom stereocenters. The maximum atomic E-state index is 5.24. The Morgan fingerprint density at radius 3 is 2.85 bits per heavy atom. The van der Waals surface area contributed by atoms with Crippen LogP contribution in [0.1, 0.15) is 42.8 Å². The standard InChI is InChI=1S/C19H30N6O.HI/c1-14-7-10-24(12-18(14)25-11-9-21-13-25)19(20-4)22-8-5-6-17-15(2)23-26-16(17)3;/h9,11,13-14,18H,5-8,10,12H2,1-4H3,(H,20,22);1H. The lowest BCUT2D eigenvalue weighted by Crippen LogP contribution is -2.49. The number of hydrogen-bond acceptors (Lipinski definition) is 4. The van der Waals surface area contributed by atoms with Gasteiger partial charge in [-0.3, -0.25) is 4.99 Å². The van der Waals surface area contributed by atoms with Gasteiger partial charge in [0.25, 0.3) is 0 Å². The number of rotatable bonds is 5. The molecule has 1 aliphatic heterocycles. The van der Waals surface area contributed by atoms with Crippen molar-refractivity contribution >= 4 is 29.9 Å². The molecule has 1 saturated heterocycles. The van der Waals surface area contributed by atoms with Gasteiger partial charge in [0.2, 0.25) is 0 Å². The predicted molar refractivity (Wildman–Crippen MR) is 118 cm³/mol. The third-order valence-corrected chi connectivity index (χ3v) is 5.41. The van der Waals surface area contributed by atoms with Crippen LogP contribution in [0.4, 0.5) is 0 Å². The van der Waals surface area contributed by atoms with Crippen LogP contribution in [-0.4, -0.2) is 52.2 Å². The number of nitrogens with one attached hydrogen (secondary N) is 1. The molecule has 3 heterocycles. The summed E-state index contributed by atoms with van der Waals surface area (Å²) in [4.78, 5) is 11.1. The molecule has 0 bridgehead atoms. The van der Waals surface area contributed by atoms with Crippen LogP contribution in [0.15, 0.2) is 28.2 Å². The molecule has 27 heavy (non-hydrogen) atoms. The van der Waals surface area contributed by atoms with E-state index >= 15 is 0 Å². The van der Waals surface area contributed by atoms with Gasteiger partial charge >= 0.3 is 0 Å². The summed E-state index contributed by atoms with van der Waals surface area (Å²) in [5, 5.41) is 7.55. The first-order chi connectivity index (χ1) is 12.6. The zero-order valence-electron chi connectivity index (χ0n) is 16.7. The van der Waals surface area contributed by atoms with E-state index in [-0.39, 0.29) is 24.0 Å². The molecule has 0 saturated carbocycles. The van der Waals surface area contributed by atoms with Crippen LogP contribution in [0.5, 0.6) is 0 Å². The molecule has 0 aliphatic carbocycles. The predicted octanol–water partition coefficient (Wildman–Crippen LogP) is 3.20. The number of hydrogen-bond donors (Lipinski definition) is 1. The molecular formula is C19H31IN6O. The molecule has 2 aromatic rings. The minimum Gasteiger partial charge on any atom is -0.361 e. The van der Waals surface area contributed by atoms with E-state index in [1.807, 2.05) is 33.4 Å². The number of aromatic nitrogens is 3. The van der Waals surface area contributed by atoms with Crippen LogP contribution in [0.25, 0.3) is 0 Å². The monoisotopic (exact) mass is 486 g/mol. The SMILES string of the molecule is CN=C(NCCCc1c(C)noc1C)N1CCC(C)C(n2ccnc2)C1.I. The number of piperidine rings is 1. The Kier molecular flexibility index (Phi) is 8.12. The van der Waals surface area contributed by atoms with Crippen molar-refractivity contribution in [2.24, 2.45) is 10.9 Å². The van der Waals surface area contributed by atoms with Gasteiger partial charge in [0, 0.05) is 44.6 Å². The normalized spacial score (nSPS) is 20.4. The van der Waals surface area contributed by atoms with Crippen LogP contribution in [0.3, 0.4) is 0 Å². The molecule has 2 aromatic heterocycles. The Labute approximate surface area is 178 Å². The lowest BCUT2D eigenvalue weighted by molar-refractivity contribution is 0.189. The first-order valence-corrected chi connectivity index (χ1v) is 9.45. The van der Waals surface area contributed by atoms with E-state index in [4.69, 9.17) is 4.52 Å². The highest BCUT2D eigenvalue weighted by Gasteiger charge is 2.28. The fourth-order valence-corrected chi connectivity index (χ4v) is 3.75. The van der Waals surface area contributed by atoms with Gasteiger partial charge in [0.1, 0.15) is 5.76 Å². The molecule has 0 spiro atoms. The van der Waals surface area contributed by atoms with E-state index in [1.54, 1.807) is 0 Å². The summed E-state index contributed by atoms with van der Waals surface area (Å²) in [5.41, 5.74) is 2.23. The van der Waals surface area contributed by atoms with E-state index in [1.165, 1.54) is 5.56 Å². The molecule has 3 rings (SSSR count). The third kappa shape index (κ3) is 5.24. The molecule has 0 amide bonds. The van der Waals surface area contributed by atoms with Crippen LogP contribution in [-0.2, 0) is 6.42 Å². The van der Waals surface area contributed by atoms with Crippen molar-refractivity contribution in [3.8, 4) is 0 Å². The zero-order valence-corrected chi connectivity index (χ0v) is 19.0. The van der Waals surface area contributed by atoms with E-state index in [2.05, 4.69) is 43.0 Å². The van der Waals surface area contributed by atoms with Crippen molar-refractivity contribution in [3.63, 3.8) is 0 Å². The molecular weight excluding hydrogens is 455 g/mol. The summed E-state index contributed by atoms with van der Waals surface area (Å²) < 4.78 is 7.46. The fourth-order valence-electron chi connectivity index (χ4n) is 3.75. The maximum Gasteiger partial charge on any atom is 0.193 e. The van der Waals surface area contributed by atoms with Crippen molar-refractivity contribution in [3.05, 3.63) is 35.7 Å². The molecule has 7 nitrogen and oxygen atoms in total. The van der Waals surface area contributed by atoms with Crippen LogP contribution in [0.2, 0.25) is 0 Å².